The summed E-state index contributed by atoms with van der Waals surface area (Å²) in [5, 5.41) is 0.595. The molecule has 1 rings (SSSR count). The summed E-state index contributed by atoms with van der Waals surface area (Å²) in [6.45, 7) is 3.96. The van der Waals surface area contributed by atoms with Gasteiger partial charge in [0.25, 0.3) is 0 Å². The predicted molar refractivity (Wildman–Crippen MR) is 79.4 cm³/mol. The van der Waals surface area contributed by atoms with Gasteiger partial charge >= 0.3 is 0 Å². The largest absolute Gasteiger partial charge is 0.383 e. The molecule has 0 aliphatic carbocycles. The average molecular weight is 307 g/mol. The molecule has 1 unspecified atom stereocenters. The van der Waals surface area contributed by atoms with Gasteiger partial charge < -0.3 is 14.4 Å². The molecule has 0 bridgehead atoms. The summed E-state index contributed by atoms with van der Waals surface area (Å²) in [7, 11) is 3.35. The van der Waals surface area contributed by atoms with Gasteiger partial charge in [0.2, 0.25) is 0 Å². The SMILES string of the molecule is COCCN(c1ncc(CCl)cc1Cl)C(C)COC. The maximum Gasteiger partial charge on any atom is 0.147 e. The van der Waals surface area contributed by atoms with Crippen LogP contribution in [0.5, 0.6) is 0 Å². The molecule has 1 aromatic heterocycles. The van der Waals surface area contributed by atoms with Gasteiger partial charge in [-0.1, -0.05) is 11.6 Å². The smallest absolute Gasteiger partial charge is 0.147 e. The van der Waals surface area contributed by atoms with Gasteiger partial charge in [0.05, 0.1) is 24.3 Å². The van der Waals surface area contributed by atoms with Crippen LogP contribution >= 0.6 is 23.2 Å². The van der Waals surface area contributed by atoms with Crippen LogP contribution < -0.4 is 4.90 Å². The van der Waals surface area contributed by atoms with Crippen molar-refractivity contribution < 1.29 is 9.47 Å². The van der Waals surface area contributed by atoms with E-state index in [1.54, 1.807) is 20.4 Å². The lowest BCUT2D eigenvalue weighted by Crippen LogP contribution is -2.39. The van der Waals surface area contributed by atoms with Crippen molar-refractivity contribution in [3.05, 3.63) is 22.8 Å². The number of pyridine rings is 1. The summed E-state index contributed by atoms with van der Waals surface area (Å²) < 4.78 is 10.3. The highest BCUT2D eigenvalue weighted by Crippen LogP contribution is 2.26. The fourth-order valence-electron chi connectivity index (χ4n) is 1.81. The first-order valence-corrected chi connectivity index (χ1v) is 7.00. The van der Waals surface area contributed by atoms with E-state index in [9.17, 15) is 0 Å². The highest BCUT2D eigenvalue weighted by molar-refractivity contribution is 6.33. The highest BCUT2D eigenvalue weighted by Gasteiger charge is 2.18. The molecule has 0 spiro atoms. The van der Waals surface area contributed by atoms with Crippen LogP contribution in [0.3, 0.4) is 0 Å². The van der Waals surface area contributed by atoms with E-state index in [1.165, 1.54) is 0 Å². The monoisotopic (exact) mass is 306 g/mol. The zero-order chi connectivity index (χ0) is 14.3. The average Bonchev–Trinajstić information content (AvgIpc) is 2.40. The molecule has 0 N–H and O–H groups in total. The van der Waals surface area contributed by atoms with Crippen LogP contribution in [0.4, 0.5) is 5.82 Å². The molecule has 1 heterocycles. The molecule has 1 aromatic rings. The maximum atomic E-state index is 6.28. The van der Waals surface area contributed by atoms with Gasteiger partial charge in [-0.25, -0.2) is 4.98 Å². The minimum Gasteiger partial charge on any atom is -0.383 e. The van der Waals surface area contributed by atoms with Crippen molar-refractivity contribution in [3.8, 4) is 0 Å². The normalized spacial score (nSPS) is 12.5. The molecule has 0 radical (unpaired) electrons. The van der Waals surface area contributed by atoms with Gasteiger partial charge in [-0.05, 0) is 18.6 Å². The molecule has 108 valence electrons. The first kappa shape index (κ1) is 16.5. The van der Waals surface area contributed by atoms with E-state index >= 15 is 0 Å². The molecule has 0 aliphatic heterocycles. The van der Waals surface area contributed by atoms with E-state index in [0.717, 1.165) is 11.4 Å². The second-order valence-electron chi connectivity index (χ2n) is 4.27. The van der Waals surface area contributed by atoms with E-state index in [2.05, 4.69) is 16.8 Å². The van der Waals surface area contributed by atoms with Crippen LogP contribution in [0.2, 0.25) is 5.02 Å². The van der Waals surface area contributed by atoms with E-state index in [-0.39, 0.29) is 6.04 Å². The van der Waals surface area contributed by atoms with Crippen molar-refractivity contribution in [2.45, 2.75) is 18.8 Å². The number of hydrogen-bond donors (Lipinski definition) is 0. The molecule has 0 amide bonds. The number of ether oxygens (including phenoxy) is 2. The molecule has 0 aliphatic rings. The third kappa shape index (κ3) is 4.80. The van der Waals surface area contributed by atoms with Gasteiger partial charge in [-0.3, -0.25) is 0 Å². The van der Waals surface area contributed by atoms with Gasteiger partial charge in [0, 0.05) is 32.8 Å². The van der Waals surface area contributed by atoms with Crippen LogP contribution in [-0.4, -0.2) is 45.0 Å². The first-order valence-electron chi connectivity index (χ1n) is 6.09. The molecule has 1 atom stereocenters. The number of hydrogen-bond acceptors (Lipinski definition) is 4. The fourth-order valence-corrected chi connectivity index (χ4v) is 2.25. The molecular weight excluding hydrogens is 287 g/mol. The minimum atomic E-state index is 0.159. The lowest BCUT2D eigenvalue weighted by molar-refractivity contribution is 0.170. The number of anilines is 1. The summed E-state index contributed by atoms with van der Waals surface area (Å²) >= 11 is 12.1. The number of alkyl halides is 1. The number of aromatic nitrogens is 1. The summed E-state index contributed by atoms with van der Waals surface area (Å²) in [6, 6.07) is 2.00. The van der Waals surface area contributed by atoms with Gasteiger partial charge in [0.15, 0.2) is 0 Å². The highest BCUT2D eigenvalue weighted by atomic mass is 35.5. The van der Waals surface area contributed by atoms with E-state index < -0.39 is 0 Å². The van der Waals surface area contributed by atoms with Crippen LogP contribution in [0.25, 0.3) is 0 Å². The Morgan fingerprint density at radius 1 is 1.37 bits per heavy atom. The summed E-state index contributed by atoms with van der Waals surface area (Å²) in [5.74, 6) is 1.13. The van der Waals surface area contributed by atoms with E-state index in [0.29, 0.717) is 30.7 Å². The molecule has 0 fully saturated rings. The van der Waals surface area contributed by atoms with Crippen molar-refractivity contribution in [3.63, 3.8) is 0 Å². The Bertz CT molecular complexity index is 391. The third-order valence-corrected chi connectivity index (χ3v) is 3.37. The minimum absolute atomic E-state index is 0.159. The topological polar surface area (TPSA) is 34.6 Å². The fraction of sp³-hybridized carbons (Fsp3) is 0.615. The van der Waals surface area contributed by atoms with Crippen molar-refractivity contribution in [1.29, 1.82) is 0 Å². The standard InChI is InChI=1S/C13H20Cl2N2O2/c1-10(9-19-3)17(4-5-18-2)13-12(15)6-11(7-14)8-16-13/h6,8,10H,4-5,7,9H2,1-3H3. The predicted octanol–water partition coefficient (Wildman–Crippen LogP) is 2.96. The second kappa shape index (κ2) is 8.59. The van der Waals surface area contributed by atoms with Gasteiger partial charge in [0.1, 0.15) is 5.82 Å². The summed E-state index contributed by atoms with van der Waals surface area (Å²) in [6.07, 6.45) is 1.74. The van der Waals surface area contributed by atoms with E-state index in [4.69, 9.17) is 32.7 Å². The summed E-state index contributed by atoms with van der Waals surface area (Å²) in [5.41, 5.74) is 0.904. The van der Waals surface area contributed by atoms with Gasteiger partial charge in [-0.2, -0.15) is 0 Å². The molecule has 0 saturated carbocycles. The first-order chi connectivity index (χ1) is 9.13. The second-order valence-corrected chi connectivity index (χ2v) is 4.95. The molecule has 19 heavy (non-hydrogen) atoms. The molecular formula is C13H20Cl2N2O2. The Morgan fingerprint density at radius 2 is 2.11 bits per heavy atom. The Kier molecular flexibility index (Phi) is 7.46. The van der Waals surface area contributed by atoms with Crippen molar-refractivity contribution in [2.24, 2.45) is 0 Å². The van der Waals surface area contributed by atoms with Crippen LogP contribution in [0, 0.1) is 0 Å². The number of halogens is 2. The Labute approximate surface area is 124 Å². The number of rotatable bonds is 8. The summed E-state index contributed by atoms with van der Waals surface area (Å²) in [4.78, 5) is 6.48. The molecule has 6 heteroatoms. The van der Waals surface area contributed by atoms with Crippen LogP contribution in [-0.2, 0) is 15.4 Å². The van der Waals surface area contributed by atoms with Crippen molar-refractivity contribution >= 4 is 29.0 Å². The Morgan fingerprint density at radius 3 is 2.63 bits per heavy atom. The third-order valence-electron chi connectivity index (χ3n) is 2.78. The Hall–Kier alpha value is -0.550. The molecule has 0 saturated heterocycles. The quantitative estimate of drug-likeness (QED) is 0.692. The zero-order valence-electron chi connectivity index (χ0n) is 11.5. The van der Waals surface area contributed by atoms with E-state index in [1.807, 2.05) is 6.07 Å². The van der Waals surface area contributed by atoms with Crippen molar-refractivity contribution in [1.82, 2.24) is 4.98 Å². The molecule has 4 nitrogen and oxygen atoms in total. The lowest BCUT2D eigenvalue weighted by Gasteiger charge is -2.30. The maximum absolute atomic E-state index is 6.28. The lowest BCUT2D eigenvalue weighted by atomic mass is 10.2. The van der Waals surface area contributed by atoms with Gasteiger partial charge in [-0.15, -0.1) is 11.6 Å². The molecule has 0 aromatic carbocycles. The number of methoxy groups -OCH3 is 2. The van der Waals surface area contributed by atoms with Crippen molar-refractivity contribution in [2.75, 3.05) is 38.9 Å². The van der Waals surface area contributed by atoms with Crippen LogP contribution in [0.1, 0.15) is 12.5 Å². The Balaban J connectivity index is 2.95. The number of nitrogens with zero attached hydrogens (tertiary/aromatic N) is 2. The zero-order valence-corrected chi connectivity index (χ0v) is 13.0. The van der Waals surface area contributed by atoms with Crippen LogP contribution in [0.15, 0.2) is 12.3 Å².